The first kappa shape index (κ1) is 16.8. The summed E-state index contributed by atoms with van der Waals surface area (Å²) in [6, 6.07) is 5.30. The molecular formula is C16H23ClN4O. The summed E-state index contributed by atoms with van der Waals surface area (Å²) in [5, 5.41) is 2.87. The Bertz CT molecular complexity index is 651. The van der Waals surface area contributed by atoms with E-state index in [-0.39, 0.29) is 18.3 Å². The smallest absolute Gasteiger partial charge is 0.241 e. The highest BCUT2D eigenvalue weighted by atomic mass is 35.5. The van der Waals surface area contributed by atoms with Gasteiger partial charge in [-0.2, -0.15) is 0 Å². The third-order valence-corrected chi connectivity index (χ3v) is 4.20. The third-order valence-electron chi connectivity index (χ3n) is 4.20. The lowest BCUT2D eigenvalue weighted by molar-refractivity contribution is -0.117. The van der Waals surface area contributed by atoms with Crippen molar-refractivity contribution >= 4 is 35.0 Å². The summed E-state index contributed by atoms with van der Waals surface area (Å²) in [7, 11) is 0. The first-order valence-electron chi connectivity index (χ1n) is 7.73. The van der Waals surface area contributed by atoms with Gasteiger partial charge in [-0.15, -0.1) is 12.4 Å². The van der Waals surface area contributed by atoms with Crippen LogP contribution in [0.15, 0.2) is 18.2 Å². The van der Waals surface area contributed by atoms with E-state index in [0.29, 0.717) is 12.3 Å². The van der Waals surface area contributed by atoms with E-state index in [1.807, 2.05) is 25.1 Å². The van der Waals surface area contributed by atoms with Crippen molar-refractivity contribution in [3.05, 3.63) is 24.0 Å². The number of carbonyl (C=O) groups is 1. The van der Waals surface area contributed by atoms with E-state index in [1.165, 1.54) is 19.3 Å². The van der Waals surface area contributed by atoms with Crippen molar-refractivity contribution in [2.75, 3.05) is 5.32 Å². The second-order valence-electron chi connectivity index (χ2n) is 5.87. The van der Waals surface area contributed by atoms with E-state index in [9.17, 15) is 4.79 Å². The van der Waals surface area contributed by atoms with Crippen LogP contribution in [0.25, 0.3) is 11.0 Å². The lowest BCUT2D eigenvalue weighted by Crippen LogP contribution is -2.35. The van der Waals surface area contributed by atoms with Crippen molar-refractivity contribution in [1.29, 1.82) is 0 Å². The number of halogens is 1. The van der Waals surface area contributed by atoms with Gasteiger partial charge in [0, 0.05) is 11.6 Å². The van der Waals surface area contributed by atoms with E-state index in [4.69, 9.17) is 5.73 Å². The number of nitrogens with one attached hydrogen (secondary N) is 2. The number of benzene rings is 1. The van der Waals surface area contributed by atoms with E-state index in [1.54, 1.807) is 0 Å². The quantitative estimate of drug-likeness (QED) is 0.789. The molecule has 1 aliphatic carbocycles. The molecular weight excluding hydrogens is 300 g/mol. The third kappa shape index (κ3) is 3.42. The second-order valence-corrected chi connectivity index (χ2v) is 5.87. The molecule has 1 amide bonds. The van der Waals surface area contributed by atoms with Crippen molar-refractivity contribution in [1.82, 2.24) is 9.97 Å². The normalized spacial score (nSPS) is 15.9. The Morgan fingerprint density at radius 2 is 2.27 bits per heavy atom. The van der Waals surface area contributed by atoms with Gasteiger partial charge < -0.3 is 16.0 Å². The molecule has 1 fully saturated rings. The van der Waals surface area contributed by atoms with Crippen molar-refractivity contribution < 1.29 is 4.79 Å². The number of rotatable bonds is 5. The number of anilines is 1. The predicted molar refractivity (Wildman–Crippen MR) is 91.4 cm³/mol. The molecule has 22 heavy (non-hydrogen) atoms. The molecule has 120 valence electrons. The summed E-state index contributed by atoms with van der Waals surface area (Å²) in [5.41, 5.74) is 8.51. The van der Waals surface area contributed by atoms with Gasteiger partial charge in [0.25, 0.3) is 0 Å². The second kappa shape index (κ2) is 7.11. The molecule has 1 saturated carbocycles. The van der Waals surface area contributed by atoms with Crippen LogP contribution in [0, 0.1) is 0 Å². The van der Waals surface area contributed by atoms with E-state index in [2.05, 4.69) is 15.3 Å². The molecule has 6 heteroatoms. The minimum Gasteiger partial charge on any atom is -0.342 e. The van der Waals surface area contributed by atoms with Gasteiger partial charge in [-0.1, -0.05) is 19.8 Å². The summed E-state index contributed by atoms with van der Waals surface area (Å²) < 4.78 is 0. The number of hydrogen-bond acceptors (Lipinski definition) is 3. The Morgan fingerprint density at radius 3 is 2.91 bits per heavy atom. The summed E-state index contributed by atoms with van der Waals surface area (Å²) >= 11 is 0. The van der Waals surface area contributed by atoms with Crippen LogP contribution in [0.3, 0.4) is 0 Å². The zero-order valence-electron chi connectivity index (χ0n) is 12.8. The molecule has 4 N–H and O–H groups in total. The van der Waals surface area contributed by atoms with Crippen LogP contribution in [0.5, 0.6) is 0 Å². The fraction of sp³-hybridized carbons (Fsp3) is 0.500. The molecule has 1 aromatic heterocycles. The van der Waals surface area contributed by atoms with Crippen LogP contribution in [0.1, 0.15) is 50.8 Å². The number of aromatic amines is 1. The number of nitrogens with zero attached hydrogens (tertiary/aromatic N) is 1. The highest BCUT2D eigenvalue weighted by molar-refractivity contribution is 5.96. The number of hydrogen-bond donors (Lipinski definition) is 3. The van der Waals surface area contributed by atoms with Crippen LogP contribution in [-0.2, 0) is 4.79 Å². The number of aromatic nitrogens is 2. The molecule has 0 bridgehead atoms. The van der Waals surface area contributed by atoms with E-state index >= 15 is 0 Å². The summed E-state index contributed by atoms with van der Waals surface area (Å²) in [5.74, 6) is 1.52. The molecule has 3 rings (SSSR count). The van der Waals surface area contributed by atoms with Gasteiger partial charge in [-0.05, 0) is 37.5 Å². The van der Waals surface area contributed by atoms with Gasteiger partial charge in [-0.25, -0.2) is 4.98 Å². The Labute approximate surface area is 136 Å². The van der Waals surface area contributed by atoms with Gasteiger partial charge in [0.05, 0.1) is 17.1 Å². The molecule has 1 heterocycles. The number of imidazole rings is 1. The molecule has 5 nitrogen and oxygen atoms in total. The molecule has 1 atom stereocenters. The number of fused-ring (bicyclic) bond motifs is 1. The number of nitrogens with two attached hydrogens (primary N) is 1. The number of H-pyrrole nitrogens is 1. The largest absolute Gasteiger partial charge is 0.342 e. The van der Waals surface area contributed by atoms with Crippen LogP contribution >= 0.6 is 12.4 Å². The fourth-order valence-electron chi connectivity index (χ4n) is 2.66. The SMILES string of the molecule is CCCC(N)C(=O)Nc1ccc2nc(C3CCC3)[nH]c2c1.Cl. The maximum absolute atomic E-state index is 11.9. The van der Waals surface area contributed by atoms with Crippen LogP contribution in [-0.4, -0.2) is 21.9 Å². The van der Waals surface area contributed by atoms with Crippen molar-refractivity contribution in [2.24, 2.45) is 5.73 Å². The standard InChI is InChI=1S/C16H22N4O.ClH/c1-2-4-12(17)16(21)18-11-7-8-13-14(9-11)20-15(19-13)10-5-3-6-10;/h7-10,12H,2-6,17H2,1H3,(H,18,21)(H,19,20);1H. The van der Waals surface area contributed by atoms with Gasteiger partial charge in [0.2, 0.25) is 5.91 Å². The fourth-order valence-corrected chi connectivity index (χ4v) is 2.66. The van der Waals surface area contributed by atoms with Gasteiger partial charge in [0.1, 0.15) is 5.82 Å². The molecule has 0 saturated heterocycles. The highest BCUT2D eigenvalue weighted by Crippen LogP contribution is 2.35. The molecule has 0 spiro atoms. The van der Waals surface area contributed by atoms with E-state index in [0.717, 1.165) is 29.0 Å². The lowest BCUT2D eigenvalue weighted by atomic mass is 9.85. The zero-order valence-corrected chi connectivity index (χ0v) is 13.6. The maximum Gasteiger partial charge on any atom is 0.241 e. The van der Waals surface area contributed by atoms with Gasteiger partial charge in [-0.3, -0.25) is 4.79 Å². The first-order chi connectivity index (χ1) is 10.2. The first-order valence-corrected chi connectivity index (χ1v) is 7.73. The van der Waals surface area contributed by atoms with Crippen molar-refractivity contribution in [3.8, 4) is 0 Å². The lowest BCUT2D eigenvalue weighted by Gasteiger charge is -2.22. The average molecular weight is 323 g/mol. The minimum atomic E-state index is -0.446. The Balaban J connectivity index is 0.00000176. The van der Waals surface area contributed by atoms with Crippen LogP contribution < -0.4 is 11.1 Å². The molecule has 1 unspecified atom stereocenters. The number of carbonyl (C=O) groups excluding carboxylic acids is 1. The van der Waals surface area contributed by atoms with Gasteiger partial charge in [0.15, 0.2) is 0 Å². The zero-order chi connectivity index (χ0) is 14.8. The van der Waals surface area contributed by atoms with Gasteiger partial charge >= 0.3 is 0 Å². The van der Waals surface area contributed by atoms with Crippen LogP contribution in [0.4, 0.5) is 5.69 Å². The summed E-state index contributed by atoms with van der Waals surface area (Å²) in [4.78, 5) is 19.9. The Morgan fingerprint density at radius 1 is 1.50 bits per heavy atom. The highest BCUT2D eigenvalue weighted by Gasteiger charge is 2.22. The van der Waals surface area contributed by atoms with E-state index < -0.39 is 6.04 Å². The Hall–Kier alpha value is -1.59. The Kier molecular flexibility index (Phi) is 5.42. The molecule has 2 aromatic rings. The molecule has 1 aliphatic rings. The molecule has 0 radical (unpaired) electrons. The average Bonchev–Trinajstić information content (AvgIpc) is 2.79. The molecule has 1 aromatic carbocycles. The number of amides is 1. The van der Waals surface area contributed by atoms with Crippen molar-refractivity contribution in [2.45, 2.75) is 51.0 Å². The summed E-state index contributed by atoms with van der Waals surface area (Å²) in [6.45, 7) is 2.02. The predicted octanol–water partition coefficient (Wildman–Crippen LogP) is 3.32. The molecule has 0 aliphatic heterocycles. The maximum atomic E-state index is 11.9. The minimum absolute atomic E-state index is 0. The van der Waals surface area contributed by atoms with Crippen molar-refractivity contribution in [3.63, 3.8) is 0 Å². The summed E-state index contributed by atoms with van der Waals surface area (Å²) in [6.07, 6.45) is 5.33. The topological polar surface area (TPSA) is 83.8 Å². The van der Waals surface area contributed by atoms with Crippen LogP contribution in [0.2, 0.25) is 0 Å². The monoisotopic (exact) mass is 322 g/mol.